The van der Waals surface area contributed by atoms with Crippen molar-refractivity contribution in [3.8, 4) is 0 Å². The third kappa shape index (κ3) is 4.89. The van der Waals surface area contributed by atoms with Crippen LogP contribution in [0.2, 0.25) is 0 Å². The molecule has 19 heavy (non-hydrogen) atoms. The van der Waals surface area contributed by atoms with E-state index in [1.807, 2.05) is 11.0 Å². The zero-order valence-corrected chi connectivity index (χ0v) is 12.4. The van der Waals surface area contributed by atoms with E-state index in [2.05, 4.69) is 0 Å². The molecule has 108 valence electrons. The van der Waals surface area contributed by atoms with Crippen molar-refractivity contribution >= 4 is 9.84 Å². The van der Waals surface area contributed by atoms with Crippen LogP contribution in [0.15, 0.2) is 18.2 Å². The average Bonchev–Trinajstić information content (AvgIpc) is 2.31. The highest BCUT2D eigenvalue weighted by Crippen LogP contribution is 2.20. The minimum atomic E-state index is -3.01. The first-order valence-electron chi connectivity index (χ1n) is 6.08. The second-order valence-electron chi connectivity index (χ2n) is 4.87. The summed E-state index contributed by atoms with van der Waals surface area (Å²) in [6, 6.07) is 4.81. The molecule has 1 aromatic carbocycles. The van der Waals surface area contributed by atoms with Gasteiger partial charge in [0, 0.05) is 25.4 Å². The Hall–Kier alpha value is -0.980. The molecule has 0 saturated heterocycles. The van der Waals surface area contributed by atoms with E-state index in [1.54, 1.807) is 20.0 Å². The molecule has 0 saturated carbocycles. The van der Waals surface area contributed by atoms with Crippen molar-refractivity contribution in [1.29, 1.82) is 0 Å². The van der Waals surface area contributed by atoms with Gasteiger partial charge in [-0.25, -0.2) is 12.8 Å². The minimum Gasteiger partial charge on any atom is -0.329 e. The fourth-order valence-electron chi connectivity index (χ4n) is 1.85. The smallest absolute Gasteiger partial charge is 0.148 e. The van der Waals surface area contributed by atoms with Crippen molar-refractivity contribution in [1.82, 2.24) is 4.90 Å². The van der Waals surface area contributed by atoms with Crippen LogP contribution in [0, 0.1) is 12.7 Å². The summed E-state index contributed by atoms with van der Waals surface area (Å²) in [7, 11) is -1.22. The summed E-state index contributed by atoms with van der Waals surface area (Å²) in [6.07, 6.45) is 1.20. The van der Waals surface area contributed by atoms with E-state index in [-0.39, 0.29) is 17.6 Å². The molecule has 1 aromatic rings. The van der Waals surface area contributed by atoms with Crippen molar-refractivity contribution in [2.24, 2.45) is 5.73 Å². The molecule has 0 fully saturated rings. The van der Waals surface area contributed by atoms with Gasteiger partial charge in [0.1, 0.15) is 15.7 Å². The molecular weight excluding hydrogens is 267 g/mol. The Morgan fingerprint density at radius 1 is 1.42 bits per heavy atom. The number of aryl methyl sites for hydroxylation is 1. The Labute approximate surface area is 114 Å². The van der Waals surface area contributed by atoms with Crippen molar-refractivity contribution < 1.29 is 12.8 Å². The maximum atomic E-state index is 13.6. The third-order valence-electron chi connectivity index (χ3n) is 3.15. The van der Waals surface area contributed by atoms with E-state index in [4.69, 9.17) is 5.73 Å². The molecule has 0 aromatic heterocycles. The van der Waals surface area contributed by atoms with Gasteiger partial charge in [0.05, 0.1) is 5.75 Å². The molecule has 4 nitrogen and oxygen atoms in total. The lowest BCUT2D eigenvalue weighted by molar-refractivity contribution is 0.264. The lowest BCUT2D eigenvalue weighted by Gasteiger charge is -2.27. The van der Waals surface area contributed by atoms with E-state index >= 15 is 0 Å². The zero-order chi connectivity index (χ0) is 14.6. The summed E-state index contributed by atoms with van der Waals surface area (Å²) in [5.74, 6) is -0.207. The molecule has 1 rings (SSSR count). The molecular formula is C13H21FN2O2S. The lowest BCUT2D eigenvalue weighted by atomic mass is 10.0. The molecule has 2 N–H and O–H groups in total. The minimum absolute atomic E-state index is 0.0638. The van der Waals surface area contributed by atoms with E-state index in [1.165, 1.54) is 12.3 Å². The number of benzene rings is 1. The van der Waals surface area contributed by atoms with Crippen molar-refractivity contribution in [3.63, 3.8) is 0 Å². The van der Waals surface area contributed by atoms with Gasteiger partial charge in [0.15, 0.2) is 0 Å². The monoisotopic (exact) mass is 288 g/mol. The molecule has 0 heterocycles. The topological polar surface area (TPSA) is 63.4 Å². The highest BCUT2D eigenvalue weighted by atomic mass is 32.2. The molecule has 6 heteroatoms. The van der Waals surface area contributed by atoms with Gasteiger partial charge in [0.25, 0.3) is 0 Å². The van der Waals surface area contributed by atoms with Crippen LogP contribution in [0.4, 0.5) is 4.39 Å². The Balaban J connectivity index is 2.84. The third-order valence-corrected chi connectivity index (χ3v) is 4.07. The van der Waals surface area contributed by atoms with Crippen LogP contribution in [0.25, 0.3) is 0 Å². The highest BCUT2D eigenvalue weighted by Gasteiger charge is 2.17. The molecule has 1 unspecified atom stereocenters. The van der Waals surface area contributed by atoms with E-state index in [0.717, 1.165) is 5.56 Å². The average molecular weight is 288 g/mol. The van der Waals surface area contributed by atoms with Crippen molar-refractivity contribution in [2.75, 3.05) is 32.1 Å². The van der Waals surface area contributed by atoms with Crippen LogP contribution in [0.1, 0.15) is 17.2 Å². The largest absolute Gasteiger partial charge is 0.329 e. The molecule has 0 amide bonds. The van der Waals surface area contributed by atoms with E-state index in [0.29, 0.717) is 18.7 Å². The lowest BCUT2D eigenvalue weighted by Crippen LogP contribution is -2.34. The fraction of sp³-hybridized carbons (Fsp3) is 0.538. The van der Waals surface area contributed by atoms with E-state index < -0.39 is 9.84 Å². The zero-order valence-electron chi connectivity index (χ0n) is 11.6. The normalized spacial score (nSPS) is 13.8. The summed E-state index contributed by atoms with van der Waals surface area (Å²) in [6.45, 7) is 2.38. The predicted molar refractivity (Wildman–Crippen MR) is 75.3 cm³/mol. The molecule has 0 spiro atoms. The van der Waals surface area contributed by atoms with Crippen LogP contribution in [0.5, 0.6) is 0 Å². The van der Waals surface area contributed by atoms with Crippen molar-refractivity contribution in [2.45, 2.75) is 13.0 Å². The number of hydrogen-bond donors (Lipinski definition) is 1. The highest BCUT2D eigenvalue weighted by molar-refractivity contribution is 7.90. The first kappa shape index (κ1) is 16.1. The SMILES string of the molecule is Cc1ccc(C(CN)N(C)CCS(C)(=O)=O)cc1F. The molecule has 0 aliphatic rings. The number of hydrogen-bond acceptors (Lipinski definition) is 4. The van der Waals surface area contributed by atoms with Crippen molar-refractivity contribution in [3.05, 3.63) is 35.1 Å². The first-order chi connectivity index (χ1) is 8.74. The standard InChI is InChI=1S/C13H21FN2O2S/c1-10-4-5-11(8-12(10)14)13(9-15)16(2)6-7-19(3,17)18/h4-5,8,13H,6-7,9,15H2,1-3H3. The maximum absolute atomic E-state index is 13.6. The maximum Gasteiger partial charge on any atom is 0.148 e. The number of nitrogens with zero attached hydrogens (tertiary/aromatic N) is 1. The predicted octanol–water partition coefficient (Wildman–Crippen LogP) is 1.11. The number of rotatable bonds is 6. The summed E-state index contributed by atoms with van der Waals surface area (Å²) < 4.78 is 35.9. The van der Waals surface area contributed by atoms with Gasteiger partial charge >= 0.3 is 0 Å². The molecule has 0 aliphatic carbocycles. The number of nitrogens with two attached hydrogens (primary N) is 1. The van der Waals surface area contributed by atoms with Gasteiger partial charge in [0.2, 0.25) is 0 Å². The van der Waals surface area contributed by atoms with Crippen LogP contribution in [0.3, 0.4) is 0 Å². The van der Waals surface area contributed by atoms with Gasteiger partial charge in [-0.15, -0.1) is 0 Å². The Kier molecular flexibility index (Phi) is 5.46. The molecule has 1 atom stereocenters. The van der Waals surface area contributed by atoms with Crippen LogP contribution >= 0.6 is 0 Å². The Morgan fingerprint density at radius 3 is 2.53 bits per heavy atom. The Bertz CT molecular complexity index is 531. The van der Waals surface area contributed by atoms with E-state index in [9.17, 15) is 12.8 Å². The second-order valence-corrected chi connectivity index (χ2v) is 7.13. The van der Waals surface area contributed by atoms with Gasteiger partial charge in [-0.1, -0.05) is 12.1 Å². The van der Waals surface area contributed by atoms with Crippen LogP contribution in [-0.4, -0.2) is 45.5 Å². The first-order valence-corrected chi connectivity index (χ1v) is 8.14. The number of halogens is 1. The molecule has 0 radical (unpaired) electrons. The van der Waals surface area contributed by atoms with Gasteiger partial charge in [-0.3, -0.25) is 4.90 Å². The quantitative estimate of drug-likeness (QED) is 0.852. The Morgan fingerprint density at radius 2 is 2.05 bits per heavy atom. The summed E-state index contributed by atoms with van der Waals surface area (Å²) >= 11 is 0. The molecule has 0 aliphatic heterocycles. The van der Waals surface area contributed by atoms with Crippen LogP contribution in [-0.2, 0) is 9.84 Å². The van der Waals surface area contributed by atoms with Gasteiger partial charge in [-0.2, -0.15) is 0 Å². The van der Waals surface area contributed by atoms with Crippen LogP contribution < -0.4 is 5.73 Å². The summed E-state index contributed by atoms with van der Waals surface area (Å²) in [5, 5.41) is 0. The van der Waals surface area contributed by atoms with Gasteiger partial charge < -0.3 is 5.73 Å². The second kappa shape index (κ2) is 6.45. The molecule has 0 bridgehead atoms. The summed E-state index contributed by atoms with van der Waals surface area (Å²) in [5.41, 5.74) is 7.07. The number of likely N-dealkylation sites (N-methyl/N-ethyl adjacent to an activating group) is 1. The summed E-state index contributed by atoms with van der Waals surface area (Å²) in [4.78, 5) is 1.84. The number of sulfone groups is 1. The fourth-order valence-corrected chi connectivity index (χ4v) is 2.47. The van der Waals surface area contributed by atoms with Gasteiger partial charge in [-0.05, 0) is 31.2 Å².